The fourth-order valence-corrected chi connectivity index (χ4v) is 2.88. The third kappa shape index (κ3) is 5.69. The summed E-state index contributed by atoms with van der Waals surface area (Å²) in [5.41, 5.74) is 1.27. The van der Waals surface area contributed by atoms with Crippen LogP contribution in [0.4, 0.5) is 0 Å². The first-order chi connectivity index (χ1) is 10.1. The Kier molecular flexibility index (Phi) is 6.54. The zero-order valence-corrected chi connectivity index (χ0v) is 13.6. The molecule has 1 amide bonds. The Hall–Kier alpha value is -1.04. The Balaban J connectivity index is 1.76. The van der Waals surface area contributed by atoms with Crippen molar-refractivity contribution in [2.24, 2.45) is 0 Å². The number of nitrogens with one attached hydrogen (secondary N) is 1. The molecule has 0 aromatic heterocycles. The molecule has 0 bridgehead atoms. The Bertz CT molecular complexity index is 442. The fourth-order valence-electron chi connectivity index (χ4n) is 2.07. The lowest BCUT2D eigenvalue weighted by Crippen LogP contribution is -2.41. The Morgan fingerprint density at radius 2 is 1.95 bits per heavy atom. The van der Waals surface area contributed by atoms with E-state index in [2.05, 4.69) is 43.4 Å². The molecule has 1 aromatic carbocycles. The summed E-state index contributed by atoms with van der Waals surface area (Å²) in [6.45, 7) is 7.93. The first kappa shape index (κ1) is 16.3. The van der Waals surface area contributed by atoms with Crippen LogP contribution in [0.1, 0.15) is 19.4 Å². The van der Waals surface area contributed by atoms with Gasteiger partial charge in [-0.15, -0.1) is 11.8 Å². The number of carbonyl (C=O) groups excluding carboxylic acids is 1. The highest BCUT2D eigenvalue weighted by atomic mass is 32.2. The highest BCUT2D eigenvalue weighted by Gasteiger charge is 2.16. The molecule has 0 radical (unpaired) electrons. The normalized spacial score (nSPS) is 15.5. The monoisotopic (exact) mass is 308 g/mol. The minimum Gasteiger partial charge on any atom is -0.378 e. The minimum absolute atomic E-state index is 0.203. The SMILES string of the molecule is CC(C)NCc1ccc(SCC(=O)N2CCOCC2)cc1. The maximum absolute atomic E-state index is 12.1. The predicted octanol–water partition coefficient (Wildman–Crippen LogP) is 2.14. The van der Waals surface area contributed by atoms with Gasteiger partial charge in [0.05, 0.1) is 19.0 Å². The van der Waals surface area contributed by atoms with Crippen LogP contribution in [0.5, 0.6) is 0 Å². The second-order valence-electron chi connectivity index (χ2n) is 5.46. The van der Waals surface area contributed by atoms with E-state index in [1.165, 1.54) is 5.56 Å². The van der Waals surface area contributed by atoms with Gasteiger partial charge in [0.15, 0.2) is 0 Å². The summed E-state index contributed by atoms with van der Waals surface area (Å²) in [6.07, 6.45) is 0. The molecule has 1 heterocycles. The standard InChI is InChI=1S/C16H24N2O2S/c1-13(2)17-11-14-3-5-15(6-4-14)21-12-16(19)18-7-9-20-10-8-18/h3-6,13,17H,7-12H2,1-2H3. The topological polar surface area (TPSA) is 41.6 Å². The molecule has 1 aromatic rings. The molecule has 0 unspecified atom stereocenters. The van der Waals surface area contributed by atoms with Crippen molar-refractivity contribution in [3.63, 3.8) is 0 Å². The van der Waals surface area contributed by atoms with Crippen molar-refractivity contribution in [3.05, 3.63) is 29.8 Å². The number of carbonyl (C=O) groups is 1. The molecule has 1 aliphatic rings. The zero-order valence-electron chi connectivity index (χ0n) is 12.8. The van der Waals surface area contributed by atoms with Crippen molar-refractivity contribution in [1.82, 2.24) is 10.2 Å². The lowest BCUT2D eigenvalue weighted by atomic mass is 10.2. The molecule has 116 valence electrons. The van der Waals surface area contributed by atoms with Crippen LogP contribution in [0.25, 0.3) is 0 Å². The Labute approximate surface area is 131 Å². The van der Waals surface area contributed by atoms with Crippen LogP contribution in [0.15, 0.2) is 29.2 Å². The summed E-state index contributed by atoms with van der Waals surface area (Å²) in [5, 5.41) is 3.40. The lowest BCUT2D eigenvalue weighted by molar-refractivity contribution is -0.132. The molecule has 21 heavy (non-hydrogen) atoms. The molecule has 1 aliphatic heterocycles. The molecule has 1 saturated heterocycles. The van der Waals surface area contributed by atoms with Gasteiger partial charge in [-0.3, -0.25) is 4.79 Å². The van der Waals surface area contributed by atoms with Gasteiger partial charge in [-0.1, -0.05) is 26.0 Å². The largest absolute Gasteiger partial charge is 0.378 e. The summed E-state index contributed by atoms with van der Waals surface area (Å²) < 4.78 is 5.26. The molecule has 4 nitrogen and oxygen atoms in total. The van der Waals surface area contributed by atoms with Gasteiger partial charge < -0.3 is 15.0 Å². The van der Waals surface area contributed by atoms with Gasteiger partial charge in [-0.2, -0.15) is 0 Å². The summed E-state index contributed by atoms with van der Waals surface area (Å²) in [5.74, 6) is 0.706. The van der Waals surface area contributed by atoms with E-state index in [0.29, 0.717) is 25.0 Å². The maximum atomic E-state index is 12.1. The molecule has 5 heteroatoms. The molecular weight excluding hydrogens is 284 g/mol. The van der Waals surface area contributed by atoms with Crippen LogP contribution in [-0.2, 0) is 16.1 Å². The summed E-state index contributed by atoms with van der Waals surface area (Å²) in [6, 6.07) is 8.92. The van der Waals surface area contributed by atoms with Crippen LogP contribution in [0.2, 0.25) is 0 Å². The van der Waals surface area contributed by atoms with Gasteiger partial charge in [0.1, 0.15) is 0 Å². The summed E-state index contributed by atoms with van der Waals surface area (Å²) in [7, 11) is 0. The number of thioether (sulfide) groups is 1. The van der Waals surface area contributed by atoms with Gasteiger partial charge in [-0.25, -0.2) is 0 Å². The summed E-state index contributed by atoms with van der Waals surface area (Å²) >= 11 is 1.60. The third-order valence-electron chi connectivity index (χ3n) is 3.36. The highest BCUT2D eigenvalue weighted by Crippen LogP contribution is 2.19. The number of benzene rings is 1. The van der Waals surface area contributed by atoms with Gasteiger partial charge in [0, 0.05) is 30.6 Å². The third-order valence-corrected chi connectivity index (χ3v) is 4.36. The van der Waals surface area contributed by atoms with Crippen LogP contribution in [0.3, 0.4) is 0 Å². The molecule has 2 rings (SSSR count). The van der Waals surface area contributed by atoms with Crippen LogP contribution >= 0.6 is 11.8 Å². The molecule has 1 N–H and O–H groups in total. The smallest absolute Gasteiger partial charge is 0.233 e. The van der Waals surface area contributed by atoms with Crippen molar-refractivity contribution in [1.29, 1.82) is 0 Å². The Morgan fingerprint density at radius 3 is 2.57 bits per heavy atom. The van der Waals surface area contributed by atoms with Crippen molar-refractivity contribution in [3.8, 4) is 0 Å². The van der Waals surface area contributed by atoms with Gasteiger partial charge >= 0.3 is 0 Å². The molecule has 0 aliphatic carbocycles. The van der Waals surface area contributed by atoms with Crippen molar-refractivity contribution < 1.29 is 9.53 Å². The molecule has 1 fully saturated rings. The molecular formula is C16H24N2O2S. The van der Waals surface area contributed by atoms with Crippen LogP contribution in [-0.4, -0.2) is 48.9 Å². The van der Waals surface area contributed by atoms with E-state index in [9.17, 15) is 4.79 Å². The van der Waals surface area contributed by atoms with Crippen molar-refractivity contribution >= 4 is 17.7 Å². The number of amides is 1. The van der Waals surface area contributed by atoms with Gasteiger partial charge in [0.2, 0.25) is 5.91 Å². The number of nitrogens with zero attached hydrogens (tertiary/aromatic N) is 1. The van der Waals surface area contributed by atoms with Crippen molar-refractivity contribution in [2.75, 3.05) is 32.1 Å². The maximum Gasteiger partial charge on any atom is 0.233 e. The summed E-state index contributed by atoms with van der Waals surface area (Å²) in [4.78, 5) is 15.1. The van der Waals surface area contributed by atoms with Crippen LogP contribution in [0, 0.1) is 0 Å². The quantitative estimate of drug-likeness (QED) is 0.818. The first-order valence-corrected chi connectivity index (χ1v) is 8.44. The van der Waals surface area contributed by atoms with E-state index in [4.69, 9.17) is 4.74 Å². The van der Waals surface area contributed by atoms with Crippen molar-refractivity contribution in [2.45, 2.75) is 31.3 Å². The fraction of sp³-hybridized carbons (Fsp3) is 0.562. The zero-order chi connectivity index (χ0) is 15.1. The van der Waals surface area contributed by atoms with E-state index in [1.54, 1.807) is 11.8 Å². The minimum atomic E-state index is 0.203. The number of hydrogen-bond donors (Lipinski definition) is 1. The predicted molar refractivity (Wildman–Crippen MR) is 86.5 cm³/mol. The number of morpholine rings is 1. The highest BCUT2D eigenvalue weighted by molar-refractivity contribution is 8.00. The van der Waals surface area contributed by atoms with E-state index in [1.807, 2.05) is 4.90 Å². The second-order valence-corrected chi connectivity index (χ2v) is 6.51. The van der Waals surface area contributed by atoms with E-state index < -0.39 is 0 Å². The molecule has 0 spiro atoms. The van der Waals surface area contributed by atoms with E-state index in [-0.39, 0.29) is 5.91 Å². The molecule has 0 saturated carbocycles. The average Bonchev–Trinajstić information content (AvgIpc) is 2.52. The lowest BCUT2D eigenvalue weighted by Gasteiger charge is -2.26. The van der Waals surface area contributed by atoms with E-state index in [0.717, 1.165) is 24.5 Å². The van der Waals surface area contributed by atoms with Crippen LogP contribution < -0.4 is 5.32 Å². The average molecular weight is 308 g/mol. The van der Waals surface area contributed by atoms with Gasteiger partial charge in [0.25, 0.3) is 0 Å². The van der Waals surface area contributed by atoms with Gasteiger partial charge in [-0.05, 0) is 17.7 Å². The first-order valence-electron chi connectivity index (χ1n) is 7.46. The Morgan fingerprint density at radius 1 is 1.29 bits per heavy atom. The second kappa shape index (κ2) is 8.41. The number of rotatable bonds is 6. The molecule has 0 atom stereocenters. The number of hydrogen-bond acceptors (Lipinski definition) is 4. The number of ether oxygens (including phenoxy) is 1. The van der Waals surface area contributed by atoms with E-state index >= 15 is 0 Å².